The van der Waals surface area contributed by atoms with Crippen molar-refractivity contribution in [1.29, 1.82) is 0 Å². The summed E-state index contributed by atoms with van der Waals surface area (Å²) in [5.74, 6) is 2.45. The van der Waals surface area contributed by atoms with Gasteiger partial charge in [0.15, 0.2) is 0 Å². The number of aromatic nitrogens is 4. The molecular weight excluding hydrogens is 773 g/mol. The number of benzene rings is 3. The van der Waals surface area contributed by atoms with Gasteiger partial charge in [-0.05, 0) is 87.4 Å². The van der Waals surface area contributed by atoms with E-state index in [-0.39, 0.29) is 53.2 Å². The number of rotatable bonds is 11. The van der Waals surface area contributed by atoms with E-state index in [0.29, 0.717) is 17.8 Å². The summed E-state index contributed by atoms with van der Waals surface area (Å²) in [5, 5.41) is 7.72. The van der Waals surface area contributed by atoms with Crippen molar-refractivity contribution in [3.8, 4) is 33.6 Å². The molecule has 3 saturated heterocycles. The molecule has 316 valence electrons. The van der Waals surface area contributed by atoms with Crippen LogP contribution >= 0.6 is 0 Å². The molecule has 5 heterocycles. The molecule has 4 amide bonds. The number of methoxy groups -OCH3 is 2. The van der Waals surface area contributed by atoms with E-state index in [1.165, 1.54) is 14.2 Å². The number of nitrogens with one attached hydrogen (secondary N) is 4. The molecule has 11 rings (SSSR count). The van der Waals surface area contributed by atoms with Crippen LogP contribution in [0.3, 0.4) is 0 Å². The van der Waals surface area contributed by atoms with Crippen LogP contribution < -0.4 is 10.6 Å². The third-order valence-electron chi connectivity index (χ3n) is 14.4. The molecule has 10 atom stereocenters. The molecule has 3 aliphatic heterocycles. The van der Waals surface area contributed by atoms with Crippen LogP contribution in [0.1, 0.15) is 71.2 Å². The molecule has 6 aliphatic rings. The highest BCUT2D eigenvalue weighted by Gasteiger charge is 2.94. The van der Waals surface area contributed by atoms with Gasteiger partial charge in [0.25, 0.3) is 0 Å². The van der Waals surface area contributed by atoms with Crippen molar-refractivity contribution in [3.63, 3.8) is 0 Å². The van der Waals surface area contributed by atoms with Crippen LogP contribution in [-0.2, 0) is 19.1 Å². The van der Waals surface area contributed by atoms with Crippen molar-refractivity contribution in [2.45, 2.75) is 83.7 Å². The number of carbonyl (C=O) groups excluding carboxylic acids is 4. The lowest BCUT2D eigenvalue weighted by molar-refractivity contribution is -0.137. The van der Waals surface area contributed by atoms with E-state index in [0.717, 1.165) is 68.9 Å². The molecule has 14 heteroatoms. The van der Waals surface area contributed by atoms with Crippen LogP contribution in [-0.4, -0.2) is 92.1 Å². The number of nitrogens with zero attached hydrogens (tertiary/aromatic N) is 4. The largest absolute Gasteiger partial charge is 0.453 e. The minimum absolute atomic E-state index is 0.0848. The number of carbonyl (C=O) groups is 4. The normalized spacial score (nSPS) is 27.4. The molecule has 2 bridgehead atoms. The van der Waals surface area contributed by atoms with E-state index >= 15 is 0 Å². The second-order valence-corrected chi connectivity index (χ2v) is 18.5. The van der Waals surface area contributed by atoms with Gasteiger partial charge >= 0.3 is 12.2 Å². The van der Waals surface area contributed by atoms with Crippen molar-refractivity contribution >= 4 is 34.8 Å². The van der Waals surface area contributed by atoms with Gasteiger partial charge in [0, 0.05) is 17.6 Å². The standard InChI is InChI=1S/C47H52N8O6/c1-22(2)37(52-45(58)60-6)43(56)54-33-18-30(33)19-34(54)41-48-21-32(50-41)29-15-14-27-16-26(12-13-28(27)17-29)24-8-10-25(11-9-24)31-20-49-42(51-31)39-35-36-40(47(35,36)5)55(39)44(57)38(23(3)4)53-46(59)61-7/h8-17,20-23,30,33-40H,18-19H2,1-7H3,(H,48,50)(H,49,51)(H,52,58)(H,53,59)/t30-,33-,34+,35?,36-,37+,38+,39+,40+,47-/m1/s1. The molecule has 2 aromatic heterocycles. The van der Waals surface area contributed by atoms with E-state index < -0.39 is 24.3 Å². The maximum atomic E-state index is 14.0. The second-order valence-electron chi connectivity index (χ2n) is 18.5. The molecule has 0 spiro atoms. The zero-order chi connectivity index (χ0) is 42.6. The summed E-state index contributed by atoms with van der Waals surface area (Å²) in [6.45, 7) is 9.96. The highest BCUT2D eigenvalue weighted by molar-refractivity contribution is 5.91. The molecule has 1 unspecified atom stereocenters. The topological polar surface area (TPSA) is 175 Å². The Labute approximate surface area is 354 Å². The first kappa shape index (κ1) is 39.0. The number of piperidine rings is 2. The zero-order valence-corrected chi connectivity index (χ0v) is 35.4. The van der Waals surface area contributed by atoms with Crippen molar-refractivity contribution in [2.75, 3.05) is 14.2 Å². The number of likely N-dealkylation sites (tertiary alicyclic amines) is 1. The van der Waals surface area contributed by atoms with Crippen LogP contribution in [0.2, 0.25) is 0 Å². The van der Waals surface area contributed by atoms with Gasteiger partial charge in [-0.15, -0.1) is 0 Å². The van der Waals surface area contributed by atoms with Crippen molar-refractivity contribution < 1.29 is 28.7 Å². The number of amides is 4. The smallest absolute Gasteiger partial charge is 0.407 e. The van der Waals surface area contributed by atoms with Crippen LogP contribution in [0.4, 0.5) is 9.59 Å². The van der Waals surface area contributed by atoms with Crippen LogP contribution in [0, 0.1) is 35.0 Å². The third kappa shape index (κ3) is 6.27. The van der Waals surface area contributed by atoms with E-state index in [1.54, 1.807) is 0 Å². The van der Waals surface area contributed by atoms with E-state index in [4.69, 9.17) is 19.4 Å². The number of imidazole rings is 2. The average Bonchev–Trinajstić information content (AvgIpc) is 3.89. The SMILES string of the molecule is COC(=O)N[C@H](C(=O)N1[C@H](c2ncc(-c3ccc(-c4ccc5cc(-c6cnc([C@@H]7C[C@H]8C[C@H]8N7C(=O)[C@@H](NC(=O)OC)C(C)C)[nH]6)ccc5c4)cc3)[nH]2)C2[C@@H]3[C@H]1[C@]23C)C(C)C. The van der Waals surface area contributed by atoms with E-state index in [9.17, 15) is 19.2 Å². The Balaban J connectivity index is 0.830. The highest BCUT2D eigenvalue weighted by Crippen LogP contribution is 2.90. The highest BCUT2D eigenvalue weighted by atomic mass is 16.5. The van der Waals surface area contributed by atoms with Crippen LogP contribution in [0.25, 0.3) is 44.4 Å². The molecule has 6 fully saturated rings. The number of alkyl carbamates (subject to hydrolysis) is 2. The first-order valence-electron chi connectivity index (χ1n) is 21.4. The minimum Gasteiger partial charge on any atom is -0.453 e. The molecule has 3 saturated carbocycles. The van der Waals surface area contributed by atoms with Crippen molar-refractivity contribution in [3.05, 3.63) is 84.7 Å². The lowest BCUT2D eigenvalue weighted by Crippen LogP contribution is -2.52. The molecule has 0 radical (unpaired) electrons. The number of fused-ring (bicyclic) bond motifs is 3. The second kappa shape index (κ2) is 14.2. The monoisotopic (exact) mass is 824 g/mol. The van der Waals surface area contributed by atoms with E-state index in [1.807, 2.05) is 49.9 Å². The van der Waals surface area contributed by atoms with Crippen LogP contribution in [0.5, 0.6) is 0 Å². The number of aromatic amines is 2. The molecule has 3 aliphatic carbocycles. The third-order valence-corrected chi connectivity index (χ3v) is 14.4. The van der Waals surface area contributed by atoms with E-state index in [2.05, 4.69) is 88.2 Å². The Bertz CT molecular complexity index is 2580. The van der Waals surface area contributed by atoms with Crippen molar-refractivity contribution in [2.24, 2.45) is 35.0 Å². The number of H-pyrrole nitrogens is 2. The number of hydrogen-bond donors (Lipinski definition) is 4. The fourth-order valence-corrected chi connectivity index (χ4v) is 10.8. The molecule has 14 nitrogen and oxygen atoms in total. The minimum atomic E-state index is -0.678. The molecular formula is C47H52N8O6. The van der Waals surface area contributed by atoms with Gasteiger partial charge in [-0.2, -0.15) is 0 Å². The molecule has 3 aromatic carbocycles. The summed E-state index contributed by atoms with van der Waals surface area (Å²) in [6.07, 6.45) is 4.29. The fourth-order valence-electron chi connectivity index (χ4n) is 10.8. The lowest BCUT2D eigenvalue weighted by atomic mass is 9.98. The van der Waals surface area contributed by atoms with Gasteiger partial charge in [0.2, 0.25) is 11.8 Å². The first-order valence-corrected chi connectivity index (χ1v) is 21.4. The predicted molar refractivity (Wildman–Crippen MR) is 227 cm³/mol. The Morgan fingerprint density at radius 3 is 1.80 bits per heavy atom. The van der Waals surface area contributed by atoms with Gasteiger partial charge in [-0.1, -0.05) is 83.1 Å². The predicted octanol–water partition coefficient (Wildman–Crippen LogP) is 7.23. The number of hydrogen-bond acceptors (Lipinski definition) is 8. The van der Waals surface area contributed by atoms with Crippen LogP contribution in [0.15, 0.2) is 73.1 Å². The van der Waals surface area contributed by atoms with Gasteiger partial charge in [0.05, 0.1) is 50.1 Å². The Hall–Kier alpha value is -6.18. The van der Waals surface area contributed by atoms with Crippen molar-refractivity contribution in [1.82, 2.24) is 40.4 Å². The van der Waals surface area contributed by atoms with Gasteiger partial charge in [0.1, 0.15) is 23.7 Å². The first-order chi connectivity index (χ1) is 29.3. The van der Waals surface area contributed by atoms with Gasteiger partial charge in [-0.3, -0.25) is 9.59 Å². The molecule has 4 N–H and O–H groups in total. The zero-order valence-electron chi connectivity index (χ0n) is 35.4. The van der Waals surface area contributed by atoms with Gasteiger partial charge < -0.3 is 39.9 Å². The summed E-state index contributed by atoms with van der Waals surface area (Å²) in [7, 11) is 2.61. The lowest BCUT2D eigenvalue weighted by Gasteiger charge is -2.31. The maximum absolute atomic E-state index is 14.0. The van der Waals surface area contributed by atoms with Gasteiger partial charge in [-0.25, -0.2) is 19.6 Å². The Kier molecular flexibility index (Phi) is 9.08. The maximum Gasteiger partial charge on any atom is 0.407 e. The summed E-state index contributed by atoms with van der Waals surface area (Å²) in [5.41, 5.74) is 6.09. The molecule has 61 heavy (non-hydrogen) atoms. The summed E-state index contributed by atoms with van der Waals surface area (Å²) in [6, 6.07) is 19.9. The average molecular weight is 825 g/mol. The number of ether oxygens (including phenoxy) is 2. The fraction of sp³-hybridized carbons (Fsp3) is 0.447. The quantitative estimate of drug-likeness (QED) is 0.108. The summed E-state index contributed by atoms with van der Waals surface area (Å²) in [4.78, 5) is 72.6. The molecule has 5 aromatic rings. The summed E-state index contributed by atoms with van der Waals surface area (Å²) >= 11 is 0. The summed E-state index contributed by atoms with van der Waals surface area (Å²) < 4.78 is 9.64. The Morgan fingerprint density at radius 1 is 0.689 bits per heavy atom. The Morgan fingerprint density at radius 2 is 1.20 bits per heavy atom.